The predicted molar refractivity (Wildman–Crippen MR) is 90.7 cm³/mol. The first-order valence-corrected chi connectivity index (χ1v) is 9.34. The van der Waals surface area contributed by atoms with Crippen molar-refractivity contribution < 1.29 is 23.9 Å². The lowest BCUT2D eigenvalue weighted by Gasteiger charge is -2.23. The van der Waals surface area contributed by atoms with Crippen LogP contribution in [0.1, 0.15) is 32.7 Å². The minimum Gasteiger partial charge on any atom is -0.420 e. The Bertz CT molecular complexity index is 788. The van der Waals surface area contributed by atoms with Crippen molar-refractivity contribution in [3.8, 4) is 0 Å². The van der Waals surface area contributed by atoms with Crippen molar-refractivity contribution in [2.45, 2.75) is 12.8 Å². The van der Waals surface area contributed by atoms with Crippen LogP contribution in [-0.4, -0.2) is 21.4 Å². The van der Waals surface area contributed by atoms with Crippen LogP contribution in [0.25, 0.3) is 0 Å². The van der Waals surface area contributed by atoms with E-state index in [0.29, 0.717) is 12.0 Å². The first-order valence-electron chi connectivity index (χ1n) is 6.71. The monoisotopic (exact) mass is 350 g/mol. The van der Waals surface area contributed by atoms with Crippen LogP contribution in [0.15, 0.2) is 54.8 Å². The van der Waals surface area contributed by atoms with Gasteiger partial charge in [-0.15, -0.1) is 13.2 Å². The average Bonchev–Trinajstić information content (AvgIpc) is 2.47. The zero-order valence-corrected chi connectivity index (χ0v) is 13.9. The first kappa shape index (κ1) is 17.5. The smallest absolute Gasteiger partial charge is 0.375 e. The van der Waals surface area contributed by atoms with Crippen molar-refractivity contribution >= 4 is 30.1 Å². The molecule has 0 spiro atoms. The third-order valence-corrected chi connectivity index (χ3v) is 3.94. The molecule has 0 aliphatic heterocycles. The third kappa shape index (κ3) is 3.57. The summed E-state index contributed by atoms with van der Waals surface area (Å²) in [5.41, 5.74) is 1.13. The highest BCUT2D eigenvalue weighted by molar-refractivity contribution is 8.06. The number of carbonyl (C=O) groups excluding carboxylic acids is 2. The molecule has 2 N–H and O–H groups in total. The normalized spacial score (nSPS) is 14.5. The summed E-state index contributed by atoms with van der Waals surface area (Å²) in [6.07, 6.45) is 3.55. The van der Waals surface area contributed by atoms with Crippen LogP contribution in [0.4, 0.5) is 0 Å². The molecule has 0 unspecified atom stereocenters. The fraction of sp³-hybridized carbons (Fsp3) is 0.125. The predicted octanol–water partition coefficient (Wildman–Crippen LogP) is 2.85. The average molecular weight is 350 g/mol. The molecule has 1 aliphatic rings. The highest BCUT2D eigenvalue weighted by Crippen LogP contribution is 2.43. The summed E-state index contributed by atoms with van der Waals surface area (Å²) in [6, 6.07) is 4.88. The molecule has 5 nitrogen and oxygen atoms in total. The van der Waals surface area contributed by atoms with Crippen LogP contribution in [0.5, 0.6) is 0 Å². The Hall–Kier alpha value is -1.85. The van der Waals surface area contributed by atoms with Gasteiger partial charge in [-0.25, -0.2) is 0 Å². The number of hydrogen-bond acceptors (Lipinski definition) is 4. The van der Waals surface area contributed by atoms with Gasteiger partial charge in [0.2, 0.25) is 5.78 Å². The van der Waals surface area contributed by atoms with Crippen molar-refractivity contribution in [1.82, 2.24) is 0 Å². The van der Waals surface area contributed by atoms with E-state index in [1.165, 1.54) is 12.1 Å². The Morgan fingerprint density at radius 1 is 1.13 bits per heavy atom. The lowest BCUT2D eigenvalue weighted by atomic mass is 9.83. The van der Waals surface area contributed by atoms with Gasteiger partial charge >= 0.3 is 6.72 Å². The molecule has 0 bridgehead atoms. The largest absolute Gasteiger partial charge is 0.420 e. The quantitative estimate of drug-likeness (QED) is 0.606. The molecule has 0 aromatic heterocycles. The summed E-state index contributed by atoms with van der Waals surface area (Å²) in [5.74, 6) is -1.42. The molecule has 0 heterocycles. The molecule has 0 fully saturated rings. The van der Waals surface area contributed by atoms with Gasteiger partial charge in [-0.05, 0) is 18.4 Å². The van der Waals surface area contributed by atoms with E-state index in [2.05, 4.69) is 25.0 Å². The first-order chi connectivity index (χ1) is 10.8. The van der Waals surface area contributed by atoms with Gasteiger partial charge in [-0.1, -0.05) is 30.4 Å². The minimum absolute atomic E-state index is 0.0198. The van der Waals surface area contributed by atoms with Gasteiger partial charge in [0.25, 0.3) is 0 Å². The second-order valence-corrected chi connectivity index (χ2v) is 7.46. The Kier molecular flexibility index (Phi) is 5.12. The molecule has 0 saturated heterocycles. The maximum Gasteiger partial charge on any atom is 0.375 e. The van der Waals surface area contributed by atoms with Crippen molar-refractivity contribution in [1.29, 1.82) is 0 Å². The number of carbonyl (C=O) groups is 2. The fourth-order valence-corrected chi connectivity index (χ4v) is 3.10. The molecule has 2 rings (SSSR count). The van der Waals surface area contributed by atoms with Gasteiger partial charge in [0.1, 0.15) is 0 Å². The second-order valence-electron chi connectivity index (χ2n) is 4.87. The van der Waals surface area contributed by atoms with Crippen LogP contribution in [0.2, 0.25) is 0 Å². The molecular formula is C16H15O5PS. The summed E-state index contributed by atoms with van der Waals surface area (Å²) in [4.78, 5) is 44.2. The zero-order chi connectivity index (χ0) is 17.2. The van der Waals surface area contributed by atoms with Crippen LogP contribution in [0.3, 0.4) is 0 Å². The van der Waals surface area contributed by atoms with E-state index in [9.17, 15) is 19.4 Å². The summed E-state index contributed by atoms with van der Waals surface area (Å²) >= 11 is 4.42. The number of hydrogen-bond donors (Lipinski definition) is 2. The van der Waals surface area contributed by atoms with Gasteiger partial charge < -0.3 is 14.3 Å². The molecule has 0 atom stereocenters. The van der Waals surface area contributed by atoms with Crippen molar-refractivity contribution in [3.05, 3.63) is 71.5 Å². The highest BCUT2D eigenvalue weighted by atomic mass is 32.5. The molecule has 1 aromatic carbocycles. The summed E-state index contributed by atoms with van der Waals surface area (Å²) in [6.45, 7) is 3.05. The Morgan fingerprint density at radius 2 is 1.78 bits per heavy atom. The molecule has 0 amide bonds. The molecular weight excluding hydrogens is 335 g/mol. The SMILES string of the molecule is C=CCC1=C(OP(O)(O)=S)C(=O)c2cccc(CC=C)c2C1=O. The van der Waals surface area contributed by atoms with Crippen molar-refractivity contribution in [2.24, 2.45) is 0 Å². The van der Waals surface area contributed by atoms with Crippen LogP contribution in [-0.2, 0) is 22.8 Å². The summed E-state index contributed by atoms with van der Waals surface area (Å²) in [5, 5.41) is 0. The number of benzene rings is 1. The van der Waals surface area contributed by atoms with Gasteiger partial charge in [0.15, 0.2) is 11.5 Å². The maximum absolute atomic E-state index is 12.8. The van der Waals surface area contributed by atoms with E-state index >= 15 is 0 Å². The maximum atomic E-state index is 12.8. The molecule has 0 radical (unpaired) electrons. The van der Waals surface area contributed by atoms with Gasteiger partial charge in [0, 0.05) is 22.9 Å². The molecule has 120 valence electrons. The summed E-state index contributed by atoms with van der Waals surface area (Å²) in [7, 11) is 0. The summed E-state index contributed by atoms with van der Waals surface area (Å²) < 4.78 is 4.86. The van der Waals surface area contributed by atoms with Crippen LogP contribution in [0, 0.1) is 0 Å². The molecule has 23 heavy (non-hydrogen) atoms. The third-order valence-electron chi connectivity index (χ3n) is 3.30. The highest BCUT2D eigenvalue weighted by Gasteiger charge is 2.36. The van der Waals surface area contributed by atoms with Crippen molar-refractivity contribution in [2.75, 3.05) is 0 Å². The lowest BCUT2D eigenvalue weighted by Crippen LogP contribution is -2.24. The lowest BCUT2D eigenvalue weighted by molar-refractivity contribution is 0.0929. The number of Topliss-reactive ketones (excluding diaryl/α,β-unsaturated/α-hetero) is 2. The van der Waals surface area contributed by atoms with Gasteiger partial charge in [0.05, 0.1) is 5.57 Å². The Labute approximate surface area is 138 Å². The van der Waals surface area contributed by atoms with E-state index in [1.54, 1.807) is 18.2 Å². The van der Waals surface area contributed by atoms with E-state index in [0.717, 1.165) is 0 Å². The number of fused-ring (bicyclic) bond motifs is 1. The van der Waals surface area contributed by atoms with E-state index in [1.807, 2.05) is 0 Å². The Morgan fingerprint density at radius 3 is 2.35 bits per heavy atom. The molecule has 7 heteroatoms. The molecule has 0 saturated carbocycles. The number of rotatable bonds is 6. The standard InChI is InChI=1S/C16H15O5PS/c1-3-6-10-8-5-9-11-13(10)14(17)12(7-4-2)16(15(11)18)21-22(19,20)23/h3-5,8-9H,1-2,6-7H2,(H2,19,20,23). The molecule has 1 aliphatic carbocycles. The van der Waals surface area contributed by atoms with Gasteiger partial charge in [-0.2, -0.15) is 0 Å². The molecule has 1 aromatic rings. The fourth-order valence-electron chi connectivity index (χ4n) is 2.44. The number of ketones is 2. The van der Waals surface area contributed by atoms with E-state index in [4.69, 9.17) is 4.52 Å². The van der Waals surface area contributed by atoms with E-state index < -0.39 is 24.0 Å². The zero-order valence-electron chi connectivity index (χ0n) is 12.2. The second kappa shape index (κ2) is 6.72. The van der Waals surface area contributed by atoms with Crippen LogP contribution >= 0.6 is 6.72 Å². The van der Waals surface area contributed by atoms with E-state index in [-0.39, 0.29) is 23.1 Å². The topological polar surface area (TPSA) is 83.8 Å². The Balaban J connectivity index is 2.68. The minimum atomic E-state index is -4.14. The van der Waals surface area contributed by atoms with Crippen molar-refractivity contribution in [3.63, 3.8) is 0 Å². The van der Waals surface area contributed by atoms with Gasteiger partial charge in [-0.3, -0.25) is 9.59 Å². The number of allylic oxidation sites excluding steroid dienone is 4. The van der Waals surface area contributed by atoms with Crippen LogP contribution < -0.4 is 0 Å².